The molecule has 1 fully saturated rings. The number of ether oxygens (including phenoxy) is 3. The smallest absolute Gasteiger partial charge is 0.175 e. The van der Waals surface area contributed by atoms with Crippen LogP contribution in [0.2, 0.25) is 0 Å². The Balaban J connectivity index is 0.00000242. The van der Waals surface area contributed by atoms with Gasteiger partial charge in [0.15, 0.2) is 11.5 Å². The van der Waals surface area contributed by atoms with Crippen molar-refractivity contribution in [2.75, 3.05) is 26.4 Å². The molecule has 1 aliphatic heterocycles. The van der Waals surface area contributed by atoms with Crippen LogP contribution >= 0.6 is 28.3 Å². The molecule has 1 N–H and O–H groups in total. The Kier molecular flexibility index (Phi) is 9.17. The van der Waals surface area contributed by atoms with Gasteiger partial charge in [0.2, 0.25) is 0 Å². The van der Waals surface area contributed by atoms with Crippen LogP contribution in [-0.4, -0.2) is 32.5 Å². The third-order valence-electron chi connectivity index (χ3n) is 3.38. The molecule has 1 aromatic carbocycles. The van der Waals surface area contributed by atoms with E-state index in [2.05, 4.69) is 27.3 Å². The monoisotopic (exact) mass is 393 g/mol. The first-order chi connectivity index (χ1) is 10.2. The molecule has 22 heavy (non-hydrogen) atoms. The summed E-state index contributed by atoms with van der Waals surface area (Å²) in [6.07, 6.45) is 2.70. The standard InChI is InChI=1S/C16H24BrNO3.ClH/c1-3-19-15-9-12(8-14(17)16(15)20-4-2)10-18-11-13-6-5-7-21-13;/h8-9,13,18H,3-7,10-11H2,1-2H3;1H. The van der Waals surface area contributed by atoms with E-state index < -0.39 is 0 Å². The van der Waals surface area contributed by atoms with Crippen LogP contribution in [0.15, 0.2) is 16.6 Å². The van der Waals surface area contributed by atoms with Crippen LogP contribution in [0, 0.1) is 0 Å². The number of hydrogen-bond donors (Lipinski definition) is 1. The molecule has 1 heterocycles. The van der Waals surface area contributed by atoms with E-state index in [4.69, 9.17) is 14.2 Å². The van der Waals surface area contributed by atoms with Gasteiger partial charge < -0.3 is 19.5 Å². The zero-order valence-electron chi connectivity index (χ0n) is 13.2. The molecule has 0 aliphatic carbocycles. The van der Waals surface area contributed by atoms with E-state index in [1.807, 2.05) is 19.9 Å². The third-order valence-corrected chi connectivity index (χ3v) is 3.97. The van der Waals surface area contributed by atoms with Gasteiger partial charge in [0.1, 0.15) is 0 Å². The maximum atomic E-state index is 5.68. The summed E-state index contributed by atoms with van der Waals surface area (Å²) in [7, 11) is 0. The Morgan fingerprint density at radius 2 is 2.05 bits per heavy atom. The minimum atomic E-state index is 0. The van der Waals surface area contributed by atoms with Crippen LogP contribution in [0.3, 0.4) is 0 Å². The summed E-state index contributed by atoms with van der Waals surface area (Å²) in [5, 5.41) is 3.45. The minimum absolute atomic E-state index is 0. The van der Waals surface area contributed by atoms with Crippen molar-refractivity contribution in [3.63, 3.8) is 0 Å². The molecule has 1 unspecified atom stereocenters. The van der Waals surface area contributed by atoms with Gasteiger partial charge in [0, 0.05) is 19.7 Å². The minimum Gasteiger partial charge on any atom is -0.490 e. The van der Waals surface area contributed by atoms with E-state index in [0.717, 1.165) is 42.1 Å². The summed E-state index contributed by atoms with van der Waals surface area (Å²) in [5.41, 5.74) is 1.17. The van der Waals surface area contributed by atoms with Crippen molar-refractivity contribution in [1.82, 2.24) is 5.32 Å². The average Bonchev–Trinajstić information content (AvgIpc) is 2.96. The first-order valence-corrected chi connectivity index (χ1v) is 8.44. The molecule has 0 amide bonds. The van der Waals surface area contributed by atoms with Crippen molar-refractivity contribution in [3.8, 4) is 11.5 Å². The molecule has 6 heteroatoms. The Bertz CT molecular complexity index is 453. The molecule has 0 aromatic heterocycles. The zero-order valence-corrected chi connectivity index (χ0v) is 15.6. The Morgan fingerprint density at radius 1 is 1.27 bits per heavy atom. The molecule has 1 atom stereocenters. The molecule has 126 valence electrons. The molecule has 0 spiro atoms. The quantitative estimate of drug-likeness (QED) is 0.725. The van der Waals surface area contributed by atoms with Crippen molar-refractivity contribution < 1.29 is 14.2 Å². The van der Waals surface area contributed by atoms with Crippen LogP contribution in [0.1, 0.15) is 32.3 Å². The number of nitrogens with one attached hydrogen (secondary N) is 1. The highest BCUT2D eigenvalue weighted by molar-refractivity contribution is 9.10. The van der Waals surface area contributed by atoms with Gasteiger partial charge in [-0.1, -0.05) is 0 Å². The number of rotatable bonds is 8. The van der Waals surface area contributed by atoms with Crippen LogP contribution < -0.4 is 14.8 Å². The van der Waals surface area contributed by atoms with Crippen LogP contribution in [0.4, 0.5) is 0 Å². The molecule has 1 aromatic rings. The van der Waals surface area contributed by atoms with Crippen molar-refractivity contribution in [3.05, 3.63) is 22.2 Å². The van der Waals surface area contributed by atoms with Gasteiger partial charge in [0.05, 0.1) is 23.8 Å². The van der Waals surface area contributed by atoms with Gasteiger partial charge in [0.25, 0.3) is 0 Å². The second-order valence-corrected chi connectivity index (χ2v) is 5.89. The summed E-state index contributed by atoms with van der Waals surface area (Å²) in [6.45, 7) is 7.79. The summed E-state index contributed by atoms with van der Waals surface area (Å²) < 4.78 is 17.9. The fourth-order valence-electron chi connectivity index (χ4n) is 2.45. The van der Waals surface area contributed by atoms with E-state index in [9.17, 15) is 0 Å². The van der Waals surface area contributed by atoms with E-state index in [0.29, 0.717) is 19.3 Å². The predicted molar refractivity (Wildman–Crippen MR) is 94.4 cm³/mol. The molecule has 1 saturated heterocycles. The second kappa shape index (κ2) is 10.3. The first kappa shape index (κ1) is 19.6. The van der Waals surface area contributed by atoms with Gasteiger partial charge in [-0.25, -0.2) is 0 Å². The highest BCUT2D eigenvalue weighted by Crippen LogP contribution is 2.36. The van der Waals surface area contributed by atoms with Gasteiger partial charge in [-0.2, -0.15) is 0 Å². The lowest BCUT2D eigenvalue weighted by Gasteiger charge is -2.15. The van der Waals surface area contributed by atoms with Gasteiger partial charge in [-0.15, -0.1) is 12.4 Å². The molecule has 0 radical (unpaired) electrons. The molecular weight excluding hydrogens is 370 g/mol. The van der Waals surface area contributed by atoms with Crippen molar-refractivity contribution in [2.45, 2.75) is 39.3 Å². The molecule has 4 nitrogen and oxygen atoms in total. The highest BCUT2D eigenvalue weighted by Gasteiger charge is 2.15. The SMILES string of the molecule is CCOc1cc(CNCC2CCCO2)cc(Br)c1OCC.Cl. The number of benzene rings is 1. The Labute approximate surface area is 147 Å². The summed E-state index contributed by atoms with van der Waals surface area (Å²) in [6, 6.07) is 4.12. The summed E-state index contributed by atoms with van der Waals surface area (Å²) >= 11 is 3.57. The lowest BCUT2D eigenvalue weighted by molar-refractivity contribution is 0.110. The van der Waals surface area contributed by atoms with Crippen molar-refractivity contribution in [1.29, 1.82) is 0 Å². The fourth-order valence-corrected chi connectivity index (χ4v) is 3.06. The third kappa shape index (κ3) is 5.61. The van der Waals surface area contributed by atoms with Crippen LogP contribution in [0.5, 0.6) is 11.5 Å². The molecule has 0 saturated carbocycles. The molecule has 2 rings (SSSR count). The maximum absolute atomic E-state index is 5.68. The van der Waals surface area contributed by atoms with E-state index in [1.54, 1.807) is 0 Å². The predicted octanol–water partition coefficient (Wildman–Crippen LogP) is 3.94. The zero-order chi connectivity index (χ0) is 15.1. The maximum Gasteiger partial charge on any atom is 0.175 e. The lowest BCUT2D eigenvalue weighted by Crippen LogP contribution is -2.25. The van der Waals surface area contributed by atoms with Crippen molar-refractivity contribution >= 4 is 28.3 Å². The van der Waals surface area contributed by atoms with Gasteiger partial charge in [-0.3, -0.25) is 0 Å². The molecule has 1 aliphatic rings. The summed E-state index contributed by atoms with van der Waals surface area (Å²) in [4.78, 5) is 0. The molecular formula is C16H25BrClNO3. The Hall–Kier alpha value is -0.490. The lowest BCUT2D eigenvalue weighted by atomic mass is 10.2. The Morgan fingerprint density at radius 3 is 2.68 bits per heavy atom. The van der Waals surface area contributed by atoms with Crippen molar-refractivity contribution in [2.24, 2.45) is 0 Å². The topological polar surface area (TPSA) is 39.7 Å². The second-order valence-electron chi connectivity index (χ2n) is 5.04. The van der Waals surface area contributed by atoms with Crippen LogP contribution in [-0.2, 0) is 11.3 Å². The van der Waals surface area contributed by atoms with E-state index in [-0.39, 0.29) is 12.4 Å². The average molecular weight is 395 g/mol. The van der Waals surface area contributed by atoms with Crippen LogP contribution in [0.25, 0.3) is 0 Å². The van der Waals surface area contributed by atoms with E-state index >= 15 is 0 Å². The normalized spacial score (nSPS) is 17.1. The van der Waals surface area contributed by atoms with Gasteiger partial charge in [-0.05, 0) is 60.3 Å². The number of hydrogen-bond acceptors (Lipinski definition) is 4. The fraction of sp³-hybridized carbons (Fsp3) is 0.625. The number of halogens is 2. The largest absolute Gasteiger partial charge is 0.490 e. The molecule has 0 bridgehead atoms. The summed E-state index contributed by atoms with van der Waals surface area (Å²) in [5.74, 6) is 1.57. The van der Waals surface area contributed by atoms with E-state index in [1.165, 1.54) is 12.0 Å². The first-order valence-electron chi connectivity index (χ1n) is 7.65. The van der Waals surface area contributed by atoms with Gasteiger partial charge >= 0.3 is 0 Å². The highest BCUT2D eigenvalue weighted by atomic mass is 79.9.